The lowest BCUT2D eigenvalue weighted by molar-refractivity contribution is 0.0133. The molecule has 0 spiro atoms. The van der Waals surface area contributed by atoms with Gasteiger partial charge in [-0.05, 0) is 27.2 Å². The Bertz CT molecular complexity index is 279. The van der Waals surface area contributed by atoms with Crippen molar-refractivity contribution in [3.05, 3.63) is 0 Å². The molecule has 0 aliphatic rings. The molecule has 0 bridgehead atoms. The Morgan fingerprint density at radius 2 is 1.39 bits per heavy atom. The van der Waals surface area contributed by atoms with Crippen LogP contribution >= 0.6 is 0 Å². The van der Waals surface area contributed by atoms with E-state index in [1.165, 1.54) is 19.3 Å². The van der Waals surface area contributed by atoms with E-state index in [4.69, 9.17) is 18.9 Å². The minimum Gasteiger partial charge on any atom is -0.444 e. The highest BCUT2D eigenvalue weighted by molar-refractivity contribution is 5.67. The van der Waals surface area contributed by atoms with Crippen LogP contribution < -0.4 is 5.32 Å². The summed E-state index contributed by atoms with van der Waals surface area (Å²) in [6.07, 6.45) is 4.47. The standard InChI is InChI=1S/C17H35NO5/c1-5-6-7-8-10-20-12-14-22-15-13-21-11-9-18-16(19)23-17(2,3)4/h5-15H2,1-4H3,(H,18,19). The van der Waals surface area contributed by atoms with Crippen molar-refractivity contribution in [2.75, 3.05) is 46.2 Å². The monoisotopic (exact) mass is 333 g/mol. The normalized spacial score (nSPS) is 11.5. The third-order valence-corrected chi connectivity index (χ3v) is 2.80. The van der Waals surface area contributed by atoms with Gasteiger partial charge >= 0.3 is 6.09 Å². The first kappa shape index (κ1) is 22.1. The van der Waals surface area contributed by atoms with Gasteiger partial charge in [-0.2, -0.15) is 0 Å². The molecule has 6 heteroatoms. The number of hydrogen-bond donors (Lipinski definition) is 1. The molecule has 6 nitrogen and oxygen atoms in total. The molecule has 0 atom stereocenters. The topological polar surface area (TPSA) is 66.0 Å². The molecular formula is C17H35NO5. The van der Waals surface area contributed by atoms with Crippen LogP contribution in [0.3, 0.4) is 0 Å². The van der Waals surface area contributed by atoms with Crippen molar-refractivity contribution in [1.82, 2.24) is 5.32 Å². The fraction of sp³-hybridized carbons (Fsp3) is 0.941. The van der Waals surface area contributed by atoms with Gasteiger partial charge in [-0.15, -0.1) is 0 Å². The number of amides is 1. The molecule has 1 N–H and O–H groups in total. The SMILES string of the molecule is CCCCCCOCCOCCOCCNC(=O)OC(C)(C)C. The molecule has 0 aromatic rings. The van der Waals surface area contributed by atoms with E-state index in [1.54, 1.807) is 0 Å². The number of nitrogens with one attached hydrogen (secondary N) is 1. The van der Waals surface area contributed by atoms with Crippen LogP contribution in [0.2, 0.25) is 0 Å². The Morgan fingerprint density at radius 1 is 0.826 bits per heavy atom. The number of alkyl carbamates (subject to hydrolysis) is 1. The average Bonchev–Trinajstić information content (AvgIpc) is 2.46. The molecular weight excluding hydrogens is 298 g/mol. The molecule has 138 valence electrons. The van der Waals surface area contributed by atoms with E-state index in [0.29, 0.717) is 39.6 Å². The maximum Gasteiger partial charge on any atom is 0.407 e. The maximum atomic E-state index is 11.3. The van der Waals surface area contributed by atoms with Gasteiger partial charge in [-0.1, -0.05) is 26.2 Å². The fourth-order valence-corrected chi connectivity index (χ4v) is 1.71. The van der Waals surface area contributed by atoms with Crippen LogP contribution in [-0.2, 0) is 18.9 Å². The summed E-state index contributed by atoms with van der Waals surface area (Å²) in [4.78, 5) is 11.3. The third-order valence-electron chi connectivity index (χ3n) is 2.80. The molecule has 23 heavy (non-hydrogen) atoms. The molecule has 1 amide bonds. The van der Waals surface area contributed by atoms with Crippen molar-refractivity contribution in [1.29, 1.82) is 0 Å². The predicted molar refractivity (Wildman–Crippen MR) is 90.8 cm³/mol. The van der Waals surface area contributed by atoms with Crippen molar-refractivity contribution in [2.24, 2.45) is 0 Å². The molecule has 0 aromatic carbocycles. The largest absolute Gasteiger partial charge is 0.444 e. The van der Waals surface area contributed by atoms with E-state index in [-0.39, 0.29) is 0 Å². The summed E-state index contributed by atoms with van der Waals surface area (Å²) < 4.78 is 21.3. The van der Waals surface area contributed by atoms with Crippen LogP contribution in [0.4, 0.5) is 4.79 Å². The maximum absolute atomic E-state index is 11.3. The lowest BCUT2D eigenvalue weighted by atomic mass is 10.2. The van der Waals surface area contributed by atoms with Crippen LogP contribution in [0, 0.1) is 0 Å². The lowest BCUT2D eigenvalue weighted by Crippen LogP contribution is -2.34. The van der Waals surface area contributed by atoms with E-state index in [9.17, 15) is 4.79 Å². The molecule has 0 saturated heterocycles. The van der Waals surface area contributed by atoms with Gasteiger partial charge in [0.15, 0.2) is 0 Å². The lowest BCUT2D eigenvalue weighted by Gasteiger charge is -2.19. The smallest absolute Gasteiger partial charge is 0.407 e. The first-order chi connectivity index (χ1) is 11.0. The third kappa shape index (κ3) is 19.1. The first-order valence-corrected chi connectivity index (χ1v) is 8.66. The number of unbranched alkanes of at least 4 members (excludes halogenated alkanes) is 3. The average molecular weight is 333 g/mol. The van der Waals surface area contributed by atoms with Crippen LogP contribution in [0.25, 0.3) is 0 Å². The van der Waals surface area contributed by atoms with Crippen molar-refractivity contribution in [3.63, 3.8) is 0 Å². The zero-order valence-corrected chi connectivity index (χ0v) is 15.3. The number of hydrogen-bond acceptors (Lipinski definition) is 5. The van der Waals surface area contributed by atoms with E-state index < -0.39 is 11.7 Å². The molecule has 0 aromatic heterocycles. The van der Waals surface area contributed by atoms with Gasteiger partial charge in [0, 0.05) is 13.2 Å². The van der Waals surface area contributed by atoms with E-state index >= 15 is 0 Å². The summed E-state index contributed by atoms with van der Waals surface area (Å²) in [6.45, 7) is 11.6. The summed E-state index contributed by atoms with van der Waals surface area (Å²) in [7, 11) is 0. The Morgan fingerprint density at radius 3 is 1.96 bits per heavy atom. The van der Waals surface area contributed by atoms with Crippen molar-refractivity contribution in [2.45, 2.75) is 59.0 Å². The van der Waals surface area contributed by atoms with E-state index in [2.05, 4.69) is 12.2 Å². The van der Waals surface area contributed by atoms with Crippen molar-refractivity contribution >= 4 is 6.09 Å². The highest BCUT2D eigenvalue weighted by atomic mass is 16.6. The van der Waals surface area contributed by atoms with Gasteiger partial charge in [0.05, 0.1) is 33.0 Å². The van der Waals surface area contributed by atoms with E-state index in [0.717, 1.165) is 13.0 Å². The Balaban J connectivity index is 3.15. The van der Waals surface area contributed by atoms with Gasteiger partial charge in [0.1, 0.15) is 5.60 Å². The minimum absolute atomic E-state index is 0.423. The zero-order chi connectivity index (χ0) is 17.4. The summed E-state index contributed by atoms with van der Waals surface area (Å²) in [5.41, 5.74) is -0.475. The van der Waals surface area contributed by atoms with Gasteiger partial charge < -0.3 is 24.3 Å². The fourth-order valence-electron chi connectivity index (χ4n) is 1.71. The molecule has 0 saturated carbocycles. The molecule has 0 radical (unpaired) electrons. The summed E-state index contributed by atoms with van der Waals surface area (Å²) >= 11 is 0. The quantitative estimate of drug-likeness (QED) is 0.495. The first-order valence-electron chi connectivity index (χ1n) is 8.66. The predicted octanol–water partition coefficient (Wildman–Crippen LogP) is 3.14. The zero-order valence-electron chi connectivity index (χ0n) is 15.3. The second-order valence-electron chi connectivity index (χ2n) is 6.33. The summed E-state index contributed by atoms with van der Waals surface area (Å²) in [5.74, 6) is 0. The van der Waals surface area contributed by atoms with Crippen LogP contribution in [0.1, 0.15) is 53.4 Å². The Kier molecular flexibility index (Phi) is 14.2. The molecule has 0 unspecified atom stereocenters. The van der Waals surface area contributed by atoms with Crippen LogP contribution in [0.15, 0.2) is 0 Å². The summed E-state index contributed by atoms with van der Waals surface area (Å²) in [5, 5.41) is 2.63. The highest BCUT2D eigenvalue weighted by Gasteiger charge is 2.15. The highest BCUT2D eigenvalue weighted by Crippen LogP contribution is 2.06. The van der Waals surface area contributed by atoms with Gasteiger partial charge in [-0.25, -0.2) is 4.79 Å². The number of rotatable bonds is 14. The van der Waals surface area contributed by atoms with Crippen LogP contribution in [-0.4, -0.2) is 57.9 Å². The number of carbonyl (C=O) groups is 1. The molecule has 0 fully saturated rings. The Hall–Kier alpha value is -0.850. The van der Waals surface area contributed by atoms with Gasteiger partial charge in [0.2, 0.25) is 0 Å². The van der Waals surface area contributed by atoms with Crippen molar-refractivity contribution in [3.8, 4) is 0 Å². The van der Waals surface area contributed by atoms with E-state index in [1.807, 2.05) is 20.8 Å². The molecule has 0 aliphatic heterocycles. The number of carbonyl (C=O) groups excluding carboxylic acids is 1. The van der Waals surface area contributed by atoms with Gasteiger partial charge in [-0.3, -0.25) is 0 Å². The second-order valence-corrected chi connectivity index (χ2v) is 6.33. The molecule has 0 rings (SSSR count). The summed E-state index contributed by atoms with van der Waals surface area (Å²) in [6, 6.07) is 0. The minimum atomic E-state index is -0.475. The Labute approximate surface area is 141 Å². The molecule has 0 heterocycles. The van der Waals surface area contributed by atoms with Crippen LogP contribution in [0.5, 0.6) is 0 Å². The van der Waals surface area contributed by atoms with Crippen molar-refractivity contribution < 1.29 is 23.7 Å². The van der Waals surface area contributed by atoms with Gasteiger partial charge in [0.25, 0.3) is 0 Å². The number of ether oxygens (including phenoxy) is 4. The molecule has 0 aliphatic carbocycles. The second kappa shape index (κ2) is 14.7.